The lowest BCUT2D eigenvalue weighted by Crippen LogP contribution is -2.38. The maximum Gasteiger partial charge on any atom is 0.0340 e. The zero-order valence-corrected chi connectivity index (χ0v) is 12.7. The minimum atomic E-state index is 0.192. The van der Waals surface area contributed by atoms with Gasteiger partial charge in [-0.25, -0.2) is 0 Å². The lowest BCUT2D eigenvalue weighted by Gasteiger charge is -2.21. The van der Waals surface area contributed by atoms with Crippen molar-refractivity contribution in [2.24, 2.45) is 0 Å². The molecule has 0 saturated heterocycles. The summed E-state index contributed by atoms with van der Waals surface area (Å²) in [6.45, 7) is 15.2. The molecule has 2 heteroatoms. The van der Waals surface area contributed by atoms with Crippen molar-refractivity contribution in [3.63, 3.8) is 0 Å². The second-order valence-corrected chi connectivity index (χ2v) is 6.93. The van der Waals surface area contributed by atoms with Gasteiger partial charge in [0.1, 0.15) is 0 Å². The number of hydrogen-bond acceptors (Lipinski definition) is 2. The van der Waals surface area contributed by atoms with E-state index >= 15 is 0 Å². The molecule has 1 rings (SSSR count). The summed E-state index contributed by atoms with van der Waals surface area (Å²) in [6, 6.07) is 8.74. The monoisotopic (exact) mass is 248 g/mol. The highest BCUT2D eigenvalue weighted by molar-refractivity contribution is 5.45. The summed E-state index contributed by atoms with van der Waals surface area (Å²) in [5.74, 6) is 0. The molecule has 0 atom stereocenters. The number of rotatable bonds is 4. The van der Waals surface area contributed by atoms with Crippen molar-refractivity contribution in [3.05, 3.63) is 29.8 Å². The summed E-state index contributed by atoms with van der Waals surface area (Å²) in [7, 11) is 0. The highest BCUT2D eigenvalue weighted by Crippen LogP contribution is 2.23. The van der Waals surface area contributed by atoms with Gasteiger partial charge >= 0.3 is 0 Å². The molecule has 0 fully saturated rings. The molecule has 0 spiro atoms. The molecule has 1 aromatic carbocycles. The van der Waals surface area contributed by atoms with Crippen molar-refractivity contribution >= 4 is 5.69 Å². The molecule has 2 N–H and O–H groups in total. The van der Waals surface area contributed by atoms with Crippen molar-refractivity contribution in [1.82, 2.24) is 5.32 Å². The van der Waals surface area contributed by atoms with E-state index in [0.29, 0.717) is 0 Å². The predicted molar refractivity (Wildman–Crippen MR) is 81.4 cm³/mol. The molecule has 2 nitrogen and oxygen atoms in total. The second kappa shape index (κ2) is 5.75. The molecule has 18 heavy (non-hydrogen) atoms. The fraction of sp³-hybridized carbons (Fsp3) is 0.625. The third-order valence-corrected chi connectivity index (χ3v) is 2.86. The molecule has 0 unspecified atom stereocenters. The van der Waals surface area contributed by atoms with Crippen LogP contribution in [0, 0.1) is 0 Å². The van der Waals surface area contributed by atoms with Gasteiger partial charge in [-0.05, 0) is 43.9 Å². The summed E-state index contributed by atoms with van der Waals surface area (Å²) in [6.07, 6.45) is 0. The van der Waals surface area contributed by atoms with Crippen molar-refractivity contribution < 1.29 is 0 Å². The van der Waals surface area contributed by atoms with E-state index in [4.69, 9.17) is 0 Å². The maximum atomic E-state index is 3.47. The minimum absolute atomic E-state index is 0.192. The van der Waals surface area contributed by atoms with Gasteiger partial charge in [0.05, 0.1) is 0 Å². The van der Waals surface area contributed by atoms with Gasteiger partial charge in [0.25, 0.3) is 0 Å². The van der Waals surface area contributed by atoms with Gasteiger partial charge in [0.15, 0.2) is 0 Å². The third-order valence-electron chi connectivity index (χ3n) is 2.86. The summed E-state index contributed by atoms with van der Waals surface area (Å²) >= 11 is 0. The van der Waals surface area contributed by atoms with Crippen molar-refractivity contribution in [2.75, 3.05) is 18.4 Å². The number of benzene rings is 1. The lowest BCUT2D eigenvalue weighted by atomic mass is 9.87. The molecule has 0 heterocycles. The van der Waals surface area contributed by atoms with Crippen LogP contribution in [-0.2, 0) is 5.41 Å². The first-order chi connectivity index (χ1) is 8.18. The topological polar surface area (TPSA) is 24.1 Å². The Morgan fingerprint density at radius 2 is 1.39 bits per heavy atom. The van der Waals surface area contributed by atoms with Crippen LogP contribution in [0.2, 0.25) is 0 Å². The van der Waals surface area contributed by atoms with E-state index < -0.39 is 0 Å². The van der Waals surface area contributed by atoms with Crippen LogP contribution in [0.25, 0.3) is 0 Å². The summed E-state index contributed by atoms with van der Waals surface area (Å²) in [5.41, 5.74) is 2.99. The van der Waals surface area contributed by atoms with E-state index in [-0.39, 0.29) is 11.0 Å². The van der Waals surface area contributed by atoms with E-state index in [1.165, 1.54) is 11.3 Å². The molecule has 1 aromatic rings. The summed E-state index contributed by atoms with van der Waals surface area (Å²) in [4.78, 5) is 0. The van der Waals surface area contributed by atoms with E-state index in [1.54, 1.807) is 0 Å². The highest BCUT2D eigenvalue weighted by atomic mass is 15.0. The van der Waals surface area contributed by atoms with Crippen molar-refractivity contribution in [3.8, 4) is 0 Å². The van der Waals surface area contributed by atoms with Gasteiger partial charge in [-0.1, -0.05) is 32.9 Å². The predicted octanol–water partition coefficient (Wildman–Crippen LogP) is 3.78. The molecular weight excluding hydrogens is 220 g/mol. The Morgan fingerprint density at radius 3 is 1.83 bits per heavy atom. The molecular formula is C16H28N2. The van der Waals surface area contributed by atoms with Crippen LogP contribution in [0.5, 0.6) is 0 Å². The van der Waals surface area contributed by atoms with Crippen LogP contribution in [0.1, 0.15) is 47.1 Å². The van der Waals surface area contributed by atoms with E-state index in [9.17, 15) is 0 Å². The molecule has 0 aromatic heterocycles. The molecule has 0 aliphatic heterocycles. The van der Waals surface area contributed by atoms with Crippen LogP contribution in [-0.4, -0.2) is 18.6 Å². The first-order valence-electron chi connectivity index (χ1n) is 6.78. The molecule has 102 valence electrons. The van der Waals surface area contributed by atoms with Gasteiger partial charge in [-0.3, -0.25) is 0 Å². The molecule has 0 aliphatic rings. The Morgan fingerprint density at radius 1 is 0.833 bits per heavy atom. The number of nitrogens with one attached hydrogen (secondary N) is 2. The first kappa shape index (κ1) is 15.0. The van der Waals surface area contributed by atoms with E-state index in [2.05, 4.69) is 76.4 Å². The van der Waals surface area contributed by atoms with Gasteiger partial charge < -0.3 is 10.6 Å². The Hall–Kier alpha value is -1.02. The first-order valence-corrected chi connectivity index (χ1v) is 6.78. The fourth-order valence-electron chi connectivity index (χ4n) is 1.73. The Bertz CT molecular complexity index is 352. The van der Waals surface area contributed by atoms with Crippen LogP contribution in [0.15, 0.2) is 24.3 Å². The number of hydrogen-bond donors (Lipinski definition) is 2. The third kappa shape index (κ3) is 5.54. The quantitative estimate of drug-likeness (QED) is 0.792. The van der Waals surface area contributed by atoms with E-state index in [1.807, 2.05) is 0 Å². The molecule has 0 aliphatic carbocycles. The largest absolute Gasteiger partial charge is 0.384 e. The smallest absolute Gasteiger partial charge is 0.0340 e. The van der Waals surface area contributed by atoms with E-state index in [0.717, 1.165) is 13.1 Å². The molecule has 0 bridgehead atoms. The molecule has 0 amide bonds. The SMILES string of the molecule is CC(C)(C)NCCNc1ccc(C(C)(C)C)cc1. The van der Waals surface area contributed by atoms with Gasteiger partial charge in [0.2, 0.25) is 0 Å². The lowest BCUT2D eigenvalue weighted by molar-refractivity contribution is 0.435. The standard InChI is InChI=1S/C16H28N2/c1-15(2,3)13-7-9-14(10-8-13)17-11-12-18-16(4,5)6/h7-10,17-18H,11-12H2,1-6H3. The summed E-state index contributed by atoms with van der Waals surface area (Å²) in [5, 5.41) is 6.90. The maximum absolute atomic E-state index is 3.47. The zero-order valence-electron chi connectivity index (χ0n) is 12.7. The van der Waals surface area contributed by atoms with Crippen LogP contribution >= 0.6 is 0 Å². The van der Waals surface area contributed by atoms with Gasteiger partial charge in [0, 0.05) is 24.3 Å². The fourth-order valence-corrected chi connectivity index (χ4v) is 1.73. The molecule has 0 saturated carbocycles. The Balaban J connectivity index is 2.41. The van der Waals surface area contributed by atoms with Gasteiger partial charge in [-0.2, -0.15) is 0 Å². The highest BCUT2D eigenvalue weighted by Gasteiger charge is 2.12. The normalized spacial score (nSPS) is 12.6. The molecule has 0 radical (unpaired) electrons. The number of anilines is 1. The Labute approximate surface area is 112 Å². The summed E-state index contributed by atoms with van der Waals surface area (Å²) < 4.78 is 0. The van der Waals surface area contributed by atoms with Crippen LogP contribution in [0.3, 0.4) is 0 Å². The Kier molecular flexibility index (Phi) is 4.80. The second-order valence-electron chi connectivity index (χ2n) is 6.93. The van der Waals surface area contributed by atoms with Crippen LogP contribution in [0.4, 0.5) is 5.69 Å². The van der Waals surface area contributed by atoms with Crippen LogP contribution < -0.4 is 10.6 Å². The average molecular weight is 248 g/mol. The minimum Gasteiger partial charge on any atom is -0.384 e. The zero-order chi connectivity index (χ0) is 13.8. The van der Waals surface area contributed by atoms with Crippen molar-refractivity contribution in [2.45, 2.75) is 52.5 Å². The van der Waals surface area contributed by atoms with Gasteiger partial charge in [-0.15, -0.1) is 0 Å². The van der Waals surface area contributed by atoms with Crippen molar-refractivity contribution in [1.29, 1.82) is 0 Å². The average Bonchev–Trinajstić information content (AvgIpc) is 2.22.